The third-order valence-corrected chi connectivity index (χ3v) is 5.52. The molecule has 0 aliphatic carbocycles. The first-order valence-corrected chi connectivity index (χ1v) is 9.62. The van der Waals surface area contributed by atoms with Crippen LogP contribution in [0.1, 0.15) is 22.7 Å². The van der Waals surface area contributed by atoms with E-state index in [-0.39, 0.29) is 24.0 Å². The molecule has 132 valence electrons. The number of rotatable bonds is 6. The molecule has 0 spiro atoms. The molecule has 0 aromatic heterocycles. The molecule has 0 saturated carbocycles. The molecule has 2 N–H and O–H groups in total. The van der Waals surface area contributed by atoms with Crippen molar-refractivity contribution in [3.63, 3.8) is 0 Å². The molecule has 1 atom stereocenters. The van der Waals surface area contributed by atoms with Crippen molar-refractivity contribution in [3.05, 3.63) is 75.3 Å². The minimum atomic E-state index is -3.59. The Morgan fingerprint density at radius 3 is 2.80 bits per heavy atom. The van der Waals surface area contributed by atoms with Crippen LogP contribution in [-0.4, -0.2) is 26.4 Å². The molecule has 25 heavy (non-hydrogen) atoms. The SMILES string of the molecule is O=[N+]([O-])c1cccc(CS(=O)(=O)NCC2NCCc3ccccc32)c1. The summed E-state index contributed by atoms with van der Waals surface area (Å²) in [5.41, 5.74) is 2.60. The van der Waals surface area contributed by atoms with Crippen molar-refractivity contribution in [1.29, 1.82) is 0 Å². The van der Waals surface area contributed by atoms with Crippen LogP contribution < -0.4 is 10.0 Å². The van der Waals surface area contributed by atoms with E-state index in [0.29, 0.717) is 5.56 Å². The molecule has 1 aliphatic rings. The molecular formula is C17H19N3O4S. The predicted octanol–water partition coefficient (Wildman–Crippen LogP) is 1.90. The highest BCUT2D eigenvalue weighted by atomic mass is 32.2. The first kappa shape index (κ1) is 17.5. The average molecular weight is 361 g/mol. The standard InChI is InChI=1S/C17H19N3O4S/c21-20(22)15-6-3-4-13(10-15)12-25(23,24)19-11-17-16-7-2-1-5-14(16)8-9-18-17/h1-7,10,17-19H,8-9,11-12H2. The Labute approximate surface area is 146 Å². The van der Waals surface area contributed by atoms with E-state index in [0.717, 1.165) is 18.5 Å². The zero-order chi connectivity index (χ0) is 17.9. The molecule has 0 bridgehead atoms. The summed E-state index contributed by atoms with van der Waals surface area (Å²) < 4.78 is 27.3. The first-order chi connectivity index (χ1) is 11.9. The van der Waals surface area contributed by atoms with Gasteiger partial charge < -0.3 is 5.32 Å². The van der Waals surface area contributed by atoms with Gasteiger partial charge in [-0.2, -0.15) is 0 Å². The van der Waals surface area contributed by atoms with Crippen LogP contribution >= 0.6 is 0 Å². The summed E-state index contributed by atoms with van der Waals surface area (Å²) in [6.07, 6.45) is 0.924. The summed E-state index contributed by atoms with van der Waals surface area (Å²) in [7, 11) is -3.59. The third-order valence-electron chi connectivity index (χ3n) is 4.20. The van der Waals surface area contributed by atoms with E-state index in [1.807, 2.05) is 18.2 Å². The van der Waals surface area contributed by atoms with Gasteiger partial charge >= 0.3 is 0 Å². The quantitative estimate of drug-likeness (QED) is 0.604. The van der Waals surface area contributed by atoms with Crippen LogP contribution in [0.25, 0.3) is 0 Å². The predicted molar refractivity (Wildman–Crippen MR) is 94.6 cm³/mol. The number of nitrogens with one attached hydrogen (secondary N) is 2. The van der Waals surface area contributed by atoms with E-state index < -0.39 is 14.9 Å². The second kappa shape index (κ2) is 7.30. The highest BCUT2D eigenvalue weighted by Gasteiger charge is 2.21. The fraction of sp³-hybridized carbons (Fsp3) is 0.294. The first-order valence-electron chi connectivity index (χ1n) is 7.96. The fourth-order valence-electron chi connectivity index (χ4n) is 3.02. The van der Waals surface area contributed by atoms with Gasteiger partial charge in [-0.25, -0.2) is 13.1 Å². The number of hydrogen-bond acceptors (Lipinski definition) is 5. The van der Waals surface area contributed by atoms with Gasteiger partial charge in [-0.15, -0.1) is 0 Å². The van der Waals surface area contributed by atoms with E-state index in [1.54, 1.807) is 6.07 Å². The van der Waals surface area contributed by atoms with Gasteiger partial charge in [-0.1, -0.05) is 36.4 Å². The second-order valence-electron chi connectivity index (χ2n) is 5.99. The van der Waals surface area contributed by atoms with E-state index >= 15 is 0 Å². The molecule has 2 aromatic carbocycles. The average Bonchev–Trinajstić information content (AvgIpc) is 2.60. The molecule has 3 rings (SSSR count). The van der Waals surface area contributed by atoms with Crippen LogP contribution in [0.15, 0.2) is 48.5 Å². The number of non-ortho nitro benzene ring substituents is 1. The zero-order valence-electron chi connectivity index (χ0n) is 13.5. The van der Waals surface area contributed by atoms with Crippen molar-refractivity contribution >= 4 is 15.7 Å². The molecule has 0 radical (unpaired) electrons. The van der Waals surface area contributed by atoms with Gasteiger partial charge in [0.15, 0.2) is 0 Å². The molecular weight excluding hydrogens is 342 g/mol. The van der Waals surface area contributed by atoms with Crippen molar-refractivity contribution in [3.8, 4) is 0 Å². The Bertz CT molecular complexity index is 883. The number of sulfonamides is 1. The number of benzene rings is 2. The van der Waals surface area contributed by atoms with Gasteiger partial charge in [0, 0.05) is 24.7 Å². The topological polar surface area (TPSA) is 101 Å². The molecule has 7 nitrogen and oxygen atoms in total. The lowest BCUT2D eigenvalue weighted by molar-refractivity contribution is -0.384. The molecule has 0 saturated heterocycles. The monoisotopic (exact) mass is 361 g/mol. The summed E-state index contributed by atoms with van der Waals surface area (Å²) in [6.45, 7) is 1.04. The maximum absolute atomic E-state index is 12.3. The van der Waals surface area contributed by atoms with E-state index in [2.05, 4.69) is 16.1 Å². The molecule has 0 amide bonds. The normalized spacial score (nSPS) is 17.0. The Kier molecular flexibility index (Phi) is 5.12. The highest BCUT2D eigenvalue weighted by molar-refractivity contribution is 7.88. The van der Waals surface area contributed by atoms with Gasteiger partial charge in [0.05, 0.1) is 10.7 Å². The molecule has 2 aromatic rings. The zero-order valence-corrected chi connectivity index (χ0v) is 14.3. The lowest BCUT2D eigenvalue weighted by Gasteiger charge is -2.27. The van der Waals surface area contributed by atoms with Crippen LogP contribution in [0.2, 0.25) is 0 Å². The van der Waals surface area contributed by atoms with Crippen LogP contribution in [0, 0.1) is 10.1 Å². The number of nitrogens with zero attached hydrogens (tertiary/aromatic N) is 1. The number of nitro groups is 1. The molecule has 0 fully saturated rings. The molecule has 1 unspecified atom stereocenters. The number of nitro benzene ring substituents is 1. The van der Waals surface area contributed by atoms with Crippen molar-refractivity contribution in [2.45, 2.75) is 18.2 Å². The van der Waals surface area contributed by atoms with E-state index in [4.69, 9.17) is 0 Å². The van der Waals surface area contributed by atoms with E-state index in [1.165, 1.54) is 23.8 Å². The van der Waals surface area contributed by atoms with Crippen LogP contribution in [0.5, 0.6) is 0 Å². The molecule has 1 heterocycles. The Morgan fingerprint density at radius 1 is 1.20 bits per heavy atom. The van der Waals surface area contributed by atoms with E-state index in [9.17, 15) is 18.5 Å². The summed E-state index contributed by atoms with van der Waals surface area (Å²) >= 11 is 0. The van der Waals surface area contributed by atoms with Gasteiger partial charge in [-0.05, 0) is 29.7 Å². The second-order valence-corrected chi connectivity index (χ2v) is 7.80. The van der Waals surface area contributed by atoms with Crippen molar-refractivity contribution < 1.29 is 13.3 Å². The van der Waals surface area contributed by atoms with Gasteiger partial charge in [-0.3, -0.25) is 10.1 Å². The van der Waals surface area contributed by atoms with Crippen molar-refractivity contribution in [2.24, 2.45) is 0 Å². The summed E-state index contributed by atoms with van der Waals surface area (Å²) in [4.78, 5) is 10.3. The van der Waals surface area contributed by atoms with Crippen molar-refractivity contribution in [1.82, 2.24) is 10.0 Å². The highest BCUT2D eigenvalue weighted by Crippen LogP contribution is 2.22. The lowest BCUT2D eigenvalue weighted by Crippen LogP contribution is -2.39. The number of hydrogen-bond donors (Lipinski definition) is 2. The maximum atomic E-state index is 12.3. The fourth-order valence-corrected chi connectivity index (χ4v) is 4.16. The van der Waals surface area contributed by atoms with Crippen LogP contribution in [0.4, 0.5) is 5.69 Å². The Morgan fingerprint density at radius 2 is 2.00 bits per heavy atom. The van der Waals surface area contributed by atoms with Gasteiger partial charge in [0.25, 0.3) is 5.69 Å². The number of fused-ring (bicyclic) bond motifs is 1. The summed E-state index contributed by atoms with van der Waals surface area (Å²) in [5, 5.41) is 14.1. The van der Waals surface area contributed by atoms with Crippen LogP contribution in [0.3, 0.4) is 0 Å². The third kappa shape index (κ3) is 4.41. The lowest BCUT2D eigenvalue weighted by atomic mass is 9.95. The Hall–Kier alpha value is -2.29. The largest absolute Gasteiger partial charge is 0.308 e. The molecule has 1 aliphatic heterocycles. The van der Waals surface area contributed by atoms with Gasteiger partial charge in [0.2, 0.25) is 10.0 Å². The minimum absolute atomic E-state index is 0.0789. The minimum Gasteiger partial charge on any atom is -0.308 e. The Balaban J connectivity index is 1.67. The van der Waals surface area contributed by atoms with Crippen LogP contribution in [-0.2, 0) is 22.2 Å². The summed E-state index contributed by atoms with van der Waals surface area (Å²) in [5.74, 6) is -0.289. The summed E-state index contributed by atoms with van der Waals surface area (Å²) in [6, 6.07) is 13.6. The maximum Gasteiger partial charge on any atom is 0.269 e. The van der Waals surface area contributed by atoms with Gasteiger partial charge in [0.1, 0.15) is 0 Å². The smallest absolute Gasteiger partial charge is 0.269 e. The molecule has 8 heteroatoms. The van der Waals surface area contributed by atoms with Crippen molar-refractivity contribution in [2.75, 3.05) is 13.1 Å².